The van der Waals surface area contributed by atoms with E-state index in [-0.39, 0.29) is 11.8 Å². The van der Waals surface area contributed by atoms with Crippen LogP contribution in [-0.2, 0) is 4.79 Å². The van der Waals surface area contributed by atoms with Gasteiger partial charge in [0.25, 0.3) is 0 Å². The summed E-state index contributed by atoms with van der Waals surface area (Å²) in [5, 5.41) is 3.16. The summed E-state index contributed by atoms with van der Waals surface area (Å²) in [4.78, 5) is 25.9. The highest BCUT2D eigenvalue weighted by atomic mass is 32.2. The Morgan fingerprint density at radius 2 is 1.66 bits per heavy atom. The number of hydrogen-bond donors (Lipinski definition) is 1. The van der Waals surface area contributed by atoms with Gasteiger partial charge in [-0.1, -0.05) is 30.0 Å². The van der Waals surface area contributed by atoms with Gasteiger partial charge in [-0.15, -0.1) is 0 Å². The molecule has 1 amide bonds. The van der Waals surface area contributed by atoms with Gasteiger partial charge in [0.05, 0.1) is 5.69 Å². The fourth-order valence-electron chi connectivity index (χ4n) is 3.90. The molecular weight excluding hydrogens is 424 g/mol. The summed E-state index contributed by atoms with van der Waals surface area (Å²) in [5.74, 6) is 2.08. The third-order valence-corrected chi connectivity index (χ3v) is 6.64. The minimum Gasteiger partial charge on any atom is -0.486 e. The molecule has 32 heavy (non-hydrogen) atoms. The molecule has 1 fully saturated rings. The zero-order valence-corrected chi connectivity index (χ0v) is 18.4. The summed E-state index contributed by atoms with van der Waals surface area (Å²) in [7, 11) is 0. The van der Waals surface area contributed by atoms with E-state index in [4.69, 9.17) is 9.47 Å². The molecule has 0 atom stereocenters. The van der Waals surface area contributed by atoms with Crippen molar-refractivity contribution in [3.8, 4) is 11.5 Å². The van der Waals surface area contributed by atoms with Crippen molar-refractivity contribution < 1.29 is 14.3 Å². The molecule has 1 N–H and O–H groups in total. The maximum Gasteiger partial charge on any atom is 0.227 e. The van der Waals surface area contributed by atoms with Crippen molar-refractivity contribution in [2.45, 2.75) is 22.6 Å². The highest BCUT2D eigenvalue weighted by Gasteiger charge is 2.27. The minimum absolute atomic E-state index is 0.0326. The fraction of sp³-hybridized carbons (Fsp3) is 0.292. The molecule has 164 valence electrons. The molecule has 0 spiro atoms. The van der Waals surface area contributed by atoms with Gasteiger partial charge in [-0.25, -0.2) is 9.97 Å². The van der Waals surface area contributed by atoms with Gasteiger partial charge >= 0.3 is 0 Å². The number of anilines is 2. The summed E-state index contributed by atoms with van der Waals surface area (Å²) >= 11 is 1.60. The first kappa shape index (κ1) is 20.6. The molecule has 3 heterocycles. The van der Waals surface area contributed by atoms with Crippen LogP contribution in [0.1, 0.15) is 12.8 Å². The van der Waals surface area contributed by atoms with Gasteiger partial charge in [0, 0.05) is 53.3 Å². The molecule has 2 aliphatic rings. The number of piperidine rings is 1. The number of nitrogens with one attached hydrogen (secondary N) is 1. The van der Waals surface area contributed by atoms with Gasteiger partial charge in [-0.05, 0) is 31.0 Å². The molecule has 0 saturated carbocycles. The first-order valence-electron chi connectivity index (χ1n) is 10.8. The maximum atomic E-state index is 13.1. The highest BCUT2D eigenvalue weighted by molar-refractivity contribution is 7.99. The number of nitrogens with zero attached hydrogens (tertiary/aromatic N) is 3. The van der Waals surface area contributed by atoms with Crippen molar-refractivity contribution >= 4 is 29.3 Å². The molecule has 0 aliphatic carbocycles. The van der Waals surface area contributed by atoms with Crippen LogP contribution >= 0.6 is 11.8 Å². The van der Waals surface area contributed by atoms with Crippen LogP contribution < -0.4 is 19.7 Å². The lowest BCUT2D eigenvalue weighted by Gasteiger charge is -2.31. The van der Waals surface area contributed by atoms with Crippen molar-refractivity contribution in [1.82, 2.24) is 9.97 Å². The first-order chi connectivity index (χ1) is 15.8. The quantitative estimate of drug-likeness (QED) is 0.625. The summed E-state index contributed by atoms with van der Waals surface area (Å²) < 4.78 is 11.5. The molecule has 1 saturated heterocycles. The van der Waals surface area contributed by atoms with E-state index in [2.05, 4.69) is 32.3 Å². The summed E-state index contributed by atoms with van der Waals surface area (Å²) in [6, 6.07) is 15.7. The van der Waals surface area contributed by atoms with E-state index in [0.29, 0.717) is 24.7 Å². The lowest BCUT2D eigenvalue weighted by Crippen LogP contribution is -2.39. The van der Waals surface area contributed by atoms with E-state index in [9.17, 15) is 4.79 Å². The lowest BCUT2D eigenvalue weighted by molar-refractivity contribution is -0.120. The van der Waals surface area contributed by atoms with Gasteiger partial charge in [0.2, 0.25) is 11.9 Å². The Balaban J connectivity index is 1.31. The second-order valence-electron chi connectivity index (χ2n) is 7.71. The van der Waals surface area contributed by atoms with Gasteiger partial charge in [-0.3, -0.25) is 4.79 Å². The average molecular weight is 449 g/mol. The van der Waals surface area contributed by atoms with Crippen LogP contribution in [0.25, 0.3) is 0 Å². The molecule has 0 bridgehead atoms. The maximum absolute atomic E-state index is 13.1. The Morgan fingerprint density at radius 1 is 0.969 bits per heavy atom. The van der Waals surface area contributed by atoms with E-state index in [1.165, 1.54) is 0 Å². The molecule has 2 aliphatic heterocycles. The second-order valence-corrected chi connectivity index (χ2v) is 8.82. The smallest absolute Gasteiger partial charge is 0.227 e. The molecule has 8 heteroatoms. The molecule has 7 nitrogen and oxygen atoms in total. The number of ether oxygens (including phenoxy) is 2. The molecule has 1 aromatic heterocycles. The Labute approximate surface area is 191 Å². The van der Waals surface area contributed by atoms with Crippen molar-refractivity contribution in [2.24, 2.45) is 5.92 Å². The predicted octanol–water partition coefficient (Wildman–Crippen LogP) is 4.25. The SMILES string of the molecule is O=C(Nc1cc2c(cc1Sc1ccccc1)OCCO2)C1CCN(c2ncccn2)CC1. The van der Waals surface area contributed by atoms with Crippen LogP contribution in [0.5, 0.6) is 11.5 Å². The van der Waals surface area contributed by atoms with Gasteiger partial charge in [-0.2, -0.15) is 0 Å². The Kier molecular flexibility index (Phi) is 6.11. The van der Waals surface area contributed by atoms with Crippen molar-refractivity contribution in [3.63, 3.8) is 0 Å². The largest absolute Gasteiger partial charge is 0.486 e. The van der Waals surface area contributed by atoms with Crippen LogP contribution in [0.15, 0.2) is 70.7 Å². The Morgan fingerprint density at radius 3 is 2.38 bits per heavy atom. The summed E-state index contributed by atoms with van der Waals surface area (Å²) in [6.45, 7) is 2.55. The van der Waals surface area contributed by atoms with Crippen molar-refractivity contribution in [3.05, 3.63) is 60.9 Å². The zero-order chi connectivity index (χ0) is 21.8. The second kappa shape index (κ2) is 9.48. The fourth-order valence-corrected chi connectivity index (χ4v) is 4.83. The minimum atomic E-state index is -0.0576. The zero-order valence-electron chi connectivity index (χ0n) is 17.6. The third-order valence-electron chi connectivity index (χ3n) is 5.57. The van der Waals surface area contributed by atoms with E-state index >= 15 is 0 Å². The molecule has 0 radical (unpaired) electrons. The summed E-state index contributed by atoms with van der Waals surface area (Å²) in [5.41, 5.74) is 0.752. The third kappa shape index (κ3) is 4.65. The van der Waals surface area contributed by atoms with E-state index < -0.39 is 0 Å². The molecular formula is C24H24N4O3S. The number of amides is 1. The molecule has 5 rings (SSSR count). The van der Waals surface area contributed by atoms with Gasteiger partial charge < -0.3 is 19.7 Å². The Hall–Kier alpha value is -3.26. The van der Waals surface area contributed by atoms with Crippen LogP contribution in [0.2, 0.25) is 0 Å². The standard InChI is InChI=1S/C24H24N4O3S/c29-23(17-7-11-28(12-8-17)24-25-9-4-10-26-24)27-19-15-20-21(31-14-13-30-20)16-22(19)32-18-5-2-1-3-6-18/h1-6,9-10,15-17H,7-8,11-14H2,(H,27,29). The Bertz CT molecular complexity index is 1070. The topological polar surface area (TPSA) is 76.6 Å². The number of hydrogen-bond acceptors (Lipinski definition) is 7. The van der Waals surface area contributed by atoms with Crippen LogP contribution in [0, 0.1) is 5.92 Å². The van der Waals surface area contributed by atoms with E-state index in [1.807, 2.05) is 36.4 Å². The highest BCUT2D eigenvalue weighted by Crippen LogP contribution is 2.42. The van der Waals surface area contributed by atoms with E-state index in [1.54, 1.807) is 24.2 Å². The monoisotopic (exact) mass is 448 g/mol. The normalized spacial score (nSPS) is 15.9. The summed E-state index contributed by atoms with van der Waals surface area (Å²) in [6.07, 6.45) is 5.01. The lowest BCUT2D eigenvalue weighted by atomic mass is 9.96. The number of rotatable bonds is 5. The van der Waals surface area contributed by atoms with Crippen LogP contribution in [0.4, 0.5) is 11.6 Å². The first-order valence-corrected chi connectivity index (χ1v) is 11.6. The van der Waals surface area contributed by atoms with Gasteiger partial charge in [0.15, 0.2) is 11.5 Å². The number of fused-ring (bicyclic) bond motifs is 1. The van der Waals surface area contributed by atoms with Crippen LogP contribution in [0.3, 0.4) is 0 Å². The van der Waals surface area contributed by atoms with Crippen molar-refractivity contribution in [1.29, 1.82) is 0 Å². The number of aromatic nitrogens is 2. The number of benzene rings is 2. The number of carbonyl (C=O) groups excluding carboxylic acids is 1. The molecule has 2 aromatic carbocycles. The van der Waals surface area contributed by atoms with E-state index in [0.717, 1.165) is 47.4 Å². The van der Waals surface area contributed by atoms with Crippen LogP contribution in [-0.4, -0.2) is 42.2 Å². The van der Waals surface area contributed by atoms with Gasteiger partial charge in [0.1, 0.15) is 13.2 Å². The predicted molar refractivity (Wildman–Crippen MR) is 124 cm³/mol. The van der Waals surface area contributed by atoms with Crippen molar-refractivity contribution in [2.75, 3.05) is 36.5 Å². The average Bonchev–Trinajstić information content (AvgIpc) is 2.85. The molecule has 3 aromatic rings. The number of carbonyl (C=O) groups is 1. The molecule has 0 unspecified atom stereocenters.